The normalized spacial score (nSPS) is 29.4. The minimum Gasteiger partial charge on any atom is -0.379 e. The summed E-state index contributed by atoms with van der Waals surface area (Å²) in [5, 5.41) is 11.6. The molecule has 0 aromatic heterocycles. The molecule has 4 rings (SSSR count). The second kappa shape index (κ2) is 11.4. The summed E-state index contributed by atoms with van der Waals surface area (Å²) >= 11 is 0. The summed E-state index contributed by atoms with van der Waals surface area (Å²) in [5.41, 5.74) is 0.881. The molecule has 2 heterocycles. The van der Waals surface area contributed by atoms with Gasteiger partial charge in [0.05, 0.1) is 23.9 Å². The number of carbonyl (C=O) groups excluding carboxylic acids is 2. The molecule has 2 unspecified atom stereocenters. The number of hydrogen-bond donors (Lipinski definition) is 4. The monoisotopic (exact) mass is 537 g/mol. The van der Waals surface area contributed by atoms with E-state index in [4.69, 9.17) is 0 Å². The number of piperidine rings is 1. The van der Waals surface area contributed by atoms with Gasteiger partial charge in [0.15, 0.2) is 0 Å². The first-order valence-corrected chi connectivity index (χ1v) is 12.9. The van der Waals surface area contributed by atoms with E-state index in [0.717, 1.165) is 6.54 Å². The molecule has 2 fully saturated rings. The van der Waals surface area contributed by atoms with Gasteiger partial charge in [-0.05, 0) is 43.5 Å². The van der Waals surface area contributed by atoms with Crippen LogP contribution in [-0.4, -0.2) is 74.9 Å². The van der Waals surface area contributed by atoms with Crippen LogP contribution in [0.2, 0.25) is 0 Å². The zero-order valence-electron chi connectivity index (χ0n) is 21.6. The smallest absolute Gasteiger partial charge is 0.379 e. The van der Waals surface area contributed by atoms with E-state index in [-0.39, 0.29) is 30.2 Å². The zero-order valence-corrected chi connectivity index (χ0v) is 21.6. The van der Waals surface area contributed by atoms with Crippen molar-refractivity contribution in [1.29, 1.82) is 0 Å². The highest BCUT2D eigenvalue weighted by atomic mass is 19.4. The summed E-state index contributed by atoms with van der Waals surface area (Å²) in [4.78, 5) is 25.8. The Morgan fingerprint density at radius 3 is 2.66 bits per heavy atom. The van der Waals surface area contributed by atoms with Crippen LogP contribution in [0.15, 0.2) is 42.5 Å². The minimum atomic E-state index is -4.60. The van der Waals surface area contributed by atoms with Crippen molar-refractivity contribution in [1.82, 2.24) is 20.9 Å². The Bertz CT molecular complexity index is 1090. The maximum absolute atomic E-state index is 14.7. The van der Waals surface area contributed by atoms with E-state index in [0.29, 0.717) is 42.6 Å². The number of amides is 2. The van der Waals surface area contributed by atoms with Crippen molar-refractivity contribution in [3.05, 3.63) is 53.6 Å². The fraction of sp³-hybridized carbons (Fsp3) is 0.556. The first kappa shape index (κ1) is 28.1. The number of benzene rings is 1. The lowest BCUT2D eigenvalue weighted by molar-refractivity contribution is -0.126. The fourth-order valence-electron chi connectivity index (χ4n) is 5.30. The van der Waals surface area contributed by atoms with Crippen LogP contribution in [-0.2, 0) is 16.0 Å². The Balaban J connectivity index is 1.47. The molecule has 11 heteroatoms. The average molecular weight is 538 g/mol. The molecule has 3 aliphatic rings. The van der Waals surface area contributed by atoms with E-state index < -0.39 is 36.0 Å². The van der Waals surface area contributed by atoms with Crippen LogP contribution >= 0.6 is 0 Å². The van der Waals surface area contributed by atoms with Gasteiger partial charge >= 0.3 is 6.18 Å². The molecule has 2 aliphatic heterocycles. The molecular weight excluding hydrogens is 502 g/mol. The third kappa shape index (κ3) is 6.37. The third-order valence-corrected chi connectivity index (χ3v) is 7.60. The highest BCUT2D eigenvalue weighted by molar-refractivity contribution is 5.92. The standard InChI is InChI=1S/C27H35F4N5O2/c1-15(27(29,30)31)24-17-7-4-8-22(35-23-9-11-36(3)14-21(23)28)18(17)12-16(34-24)6-5-10-33-26(38)20-13-19(20)25(37)32-2/h4-8,16,19-21,23-24,34-35H,1,9-14H2,2-3H3,(H,32,37)(H,33,38)/b6-5+/t16?,19-,20-,21-,23+,24?/m0/s1. The van der Waals surface area contributed by atoms with Crippen molar-refractivity contribution in [2.24, 2.45) is 11.8 Å². The Kier molecular flexibility index (Phi) is 8.46. The molecule has 1 saturated heterocycles. The van der Waals surface area contributed by atoms with E-state index >= 15 is 0 Å². The van der Waals surface area contributed by atoms with Gasteiger partial charge in [-0.1, -0.05) is 30.9 Å². The lowest BCUT2D eigenvalue weighted by atomic mass is 9.85. The molecule has 0 radical (unpaired) electrons. The van der Waals surface area contributed by atoms with Crippen molar-refractivity contribution in [3.63, 3.8) is 0 Å². The molecule has 1 aliphatic carbocycles. The quantitative estimate of drug-likeness (QED) is 0.303. The van der Waals surface area contributed by atoms with E-state index in [1.165, 1.54) is 7.05 Å². The first-order chi connectivity index (χ1) is 18.0. The summed E-state index contributed by atoms with van der Waals surface area (Å²) in [6, 6.07) is 3.05. The molecule has 0 spiro atoms. The van der Waals surface area contributed by atoms with Crippen LogP contribution in [0, 0.1) is 11.8 Å². The number of nitrogens with one attached hydrogen (secondary N) is 4. The maximum atomic E-state index is 14.7. The van der Waals surface area contributed by atoms with Gasteiger partial charge < -0.3 is 20.9 Å². The number of alkyl halides is 4. The van der Waals surface area contributed by atoms with Crippen LogP contribution < -0.4 is 21.3 Å². The summed E-state index contributed by atoms with van der Waals surface area (Å²) in [5.74, 6) is -1.05. The number of likely N-dealkylation sites (tertiary alicyclic amines) is 1. The van der Waals surface area contributed by atoms with Gasteiger partial charge in [-0.15, -0.1) is 0 Å². The molecule has 1 aromatic rings. The lowest BCUT2D eigenvalue weighted by Gasteiger charge is -2.37. The molecule has 2 amide bonds. The molecule has 208 valence electrons. The second-order valence-corrected chi connectivity index (χ2v) is 10.4. The number of halogens is 4. The van der Waals surface area contributed by atoms with Crippen LogP contribution in [0.5, 0.6) is 0 Å². The topological polar surface area (TPSA) is 85.5 Å². The maximum Gasteiger partial charge on any atom is 0.413 e. The van der Waals surface area contributed by atoms with E-state index in [9.17, 15) is 27.2 Å². The first-order valence-electron chi connectivity index (χ1n) is 12.9. The SMILES string of the molecule is C=C(C1NC(/C=C/CNC(=O)[C@H]2C[C@@H]2C(=O)NC)Cc2c(N[C@@H]3CCN(C)C[C@@H]3F)cccc21)C(F)(F)F. The van der Waals surface area contributed by atoms with E-state index in [1.807, 2.05) is 11.9 Å². The van der Waals surface area contributed by atoms with Crippen molar-refractivity contribution in [2.75, 3.05) is 39.0 Å². The number of hydrogen-bond acceptors (Lipinski definition) is 5. The van der Waals surface area contributed by atoms with Gasteiger partial charge in [-0.25, -0.2) is 4.39 Å². The second-order valence-electron chi connectivity index (χ2n) is 10.4. The van der Waals surface area contributed by atoms with Gasteiger partial charge in [0.2, 0.25) is 11.8 Å². The van der Waals surface area contributed by atoms with Gasteiger partial charge in [-0.2, -0.15) is 13.2 Å². The molecule has 6 atom stereocenters. The van der Waals surface area contributed by atoms with Crippen molar-refractivity contribution in [2.45, 2.75) is 49.7 Å². The molecule has 1 saturated carbocycles. The predicted octanol–water partition coefficient (Wildman–Crippen LogP) is 2.87. The van der Waals surface area contributed by atoms with Crippen molar-refractivity contribution < 1.29 is 27.2 Å². The number of rotatable bonds is 8. The summed E-state index contributed by atoms with van der Waals surface area (Å²) in [7, 11) is 3.38. The zero-order chi connectivity index (χ0) is 27.6. The molecule has 1 aromatic carbocycles. The Hall–Kier alpha value is -2.92. The average Bonchev–Trinajstić information content (AvgIpc) is 3.68. The molecule has 38 heavy (non-hydrogen) atoms. The Labute approximate surface area is 220 Å². The van der Waals surface area contributed by atoms with Crippen LogP contribution in [0.25, 0.3) is 0 Å². The summed E-state index contributed by atoms with van der Waals surface area (Å²) < 4.78 is 55.8. The van der Waals surface area contributed by atoms with Crippen molar-refractivity contribution in [3.8, 4) is 0 Å². The number of anilines is 1. The van der Waals surface area contributed by atoms with E-state index in [2.05, 4.69) is 27.8 Å². The Morgan fingerprint density at radius 2 is 1.97 bits per heavy atom. The van der Waals surface area contributed by atoms with Crippen LogP contribution in [0.4, 0.5) is 23.2 Å². The highest BCUT2D eigenvalue weighted by Gasteiger charge is 2.47. The molecule has 7 nitrogen and oxygen atoms in total. The van der Waals surface area contributed by atoms with Gasteiger partial charge in [-0.3, -0.25) is 14.9 Å². The lowest BCUT2D eigenvalue weighted by Crippen LogP contribution is -2.46. The molecule has 4 N–H and O–H groups in total. The van der Waals surface area contributed by atoms with Crippen LogP contribution in [0.3, 0.4) is 0 Å². The van der Waals surface area contributed by atoms with Crippen molar-refractivity contribution >= 4 is 17.5 Å². The number of carbonyl (C=O) groups is 2. The van der Waals surface area contributed by atoms with Gasteiger partial charge in [0.25, 0.3) is 0 Å². The minimum absolute atomic E-state index is 0.162. The molecular formula is C27H35F4N5O2. The molecule has 0 bridgehead atoms. The third-order valence-electron chi connectivity index (χ3n) is 7.60. The summed E-state index contributed by atoms with van der Waals surface area (Å²) in [6.07, 6.45) is -0.797. The van der Waals surface area contributed by atoms with Crippen LogP contribution in [0.1, 0.15) is 30.0 Å². The predicted molar refractivity (Wildman–Crippen MR) is 137 cm³/mol. The van der Waals surface area contributed by atoms with Gasteiger partial charge in [0, 0.05) is 44.0 Å². The van der Waals surface area contributed by atoms with E-state index in [1.54, 1.807) is 30.4 Å². The largest absolute Gasteiger partial charge is 0.413 e. The number of nitrogens with zero attached hydrogens (tertiary/aromatic N) is 1. The fourth-order valence-corrected chi connectivity index (χ4v) is 5.30. The number of fused-ring (bicyclic) bond motifs is 1. The summed E-state index contributed by atoms with van der Waals surface area (Å²) in [6.45, 7) is 4.54. The highest BCUT2D eigenvalue weighted by Crippen LogP contribution is 2.41. The Morgan fingerprint density at radius 1 is 1.24 bits per heavy atom. The van der Waals surface area contributed by atoms with Gasteiger partial charge in [0.1, 0.15) is 6.17 Å².